The van der Waals surface area contributed by atoms with E-state index < -0.39 is 0 Å². The number of aromatic nitrogens is 1. The zero-order valence-electron chi connectivity index (χ0n) is 7.41. The van der Waals surface area contributed by atoms with Gasteiger partial charge in [0.25, 0.3) is 0 Å². The topological polar surface area (TPSA) is 24.9 Å². The van der Waals surface area contributed by atoms with Crippen molar-refractivity contribution in [1.29, 1.82) is 0 Å². The van der Waals surface area contributed by atoms with Crippen LogP contribution in [0.25, 0.3) is 0 Å². The van der Waals surface area contributed by atoms with Crippen LogP contribution in [0.4, 0.5) is 4.39 Å². The molecule has 3 heteroatoms. The molecular formula is C10H13FN2. The molecule has 0 aliphatic carbocycles. The summed E-state index contributed by atoms with van der Waals surface area (Å²) in [6.07, 6.45) is 3.58. The van der Waals surface area contributed by atoms with Crippen molar-refractivity contribution >= 4 is 0 Å². The minimum Gasteiger partial charge on any atom is -0.316 e. The quantitative estimate of drug-likeness (QED) is 0.743. The first-order valence-corrected chi connectivity index (χ1v) is 4.58. The first kappa shape index (κ1) is 8.63. The molecule has 13 heavy (non-hydrogen) atoms. The number of rotatable bonds is 2. The van der Waals surface area contributed by atoms with Gasteiger partial charge >= 0.3 is 0 Å². The molecule has 1 N–H and O–H groups in total. The lowest BCUT2D eigenvalue weighted by molar-refractivity contribution is 0.358. The summed E-state index contributed by atoms with van der Waals surface area (Å²) in [5.74, 6) is 0.433. The fourth-order valence-electron chi connectivity index (χ4n) is 1.88. The van der Waals surface area contributed by atoms with Gasteiger partial charge < -0.3 is 5.32 Å². The van der Waals surface area contributed by atoms with Gasteiger partial charge in [-0.05, 0) is 11.6 Å². The molecule has 0 aromatic carbocycles. The summed E-state index contributed by atoms with van der Waals surface area (Å²) in [5.41, 5.74) is 1.15. The lowest BCUT2D eigenvalue weighted by Gasteiger charge is -2.14. The van der Waals surface area contributed by atoms with Gasteiger partial charge in [-0.15, -0.1) is 0 Å². The van der Waals surface area contributed by atoms with Crippen LogP contribution >= 0.6 is 0 Å². The molecular weight excluding hydrogens is 167 g/mol. The van der Waals surface area contributed by atoms with Crippen molar-refractivity contribution in [2.24, 2.45) is 5.92 Å². The van der Waals surface area contributed by atoms with Gasteiger partial charge in [-0.3, -0.25) is 9.37 Å². The molecule has 2 rings (SSSR count). The van der Waals surface area contributed by atoms with Gasteiger partial charge in [0.05, 0.1) is 6.67 Å². The number of alkyl halides is 1. The number of halogens is 1. The van der Waals surface area contributed by atoms with E-state index in [9.17, 15) is 4.39 Å². The van der Waals surface area contributed by atoms with Gasteiger partial charge in [-0.2, -0.15) is 0 Å². The van der Waals surface area contributed by atoms with Gasteiger partial charge in [0.1, 0.15) is 0 Å². The van der Waals surface area contributed by atoms with E-state index in [-0.39, 0.29) is 12.6 Å². The summed E-state index contributed by atoms with van der Waals surface area (Å²) in [6, 6.07) is 3.93. The van der Waals surface area contributed by atoms with Crippen molar-refractivity contribution in [3.8, 4) is 0 Å². The standard InChI is InChI=1S/C10H13FN2/c11-4-9-6-13-7-10(9)8-2-1-3-12-5-8/h1-3,5,9-10,13H,4,6-7H2/t9-,10+/m0/s1. The van der Waals surface area contributed by atoms with Crippen molar-refractivity contribution < 1.29 is 4.39 Å². The molecule has 0 radical (unpaired) electrons. The van der Waals surface area contributed by atoms with Crippen molar-refractivity contribution in [2.45, 2.75) is 5.92 Å². The largest absolute Gasteiger partial charge is 0.316 e. The summed E-state index contributed by atoms with van der Waals surface area (Å²) in [4.78, 5) is 4.05. The molecule has 0 unspecified atom stereocenters. The first-order chi connectivity index (χ1) is 6.42. The van der Waals surface area contributed by atoms with Crippen LogP contribution < -0.4 is 5.32 Å². The second-order valence-electron chi connectivity index (χ2n) is 3.47. The van der Waals surface area contributed by atoms with E-state index in [4.69, 9.17) is 0 Å². The Hall–Kier alpha value is -0.960. The van der Waals surface area contributed by atoms with E-state index in [1.54, 1.807) is 6.20 Å². The summed E-state index contributed by atoms with van der Waals surface area (Å²) < 4.78 is 12.6. The normalized spacial score (nSPS) is 27.8. The third-order valence-corrected chi connectivity index (χ3v) is 2.65. The summed E-state index contributed by atoms with van der Waals surface area (Å²) >= 11 is 0. The average molecular weight is 180 g/mol. The van der Waals surface area contributed by atoms with Crippen LogP contribution in [0.15, 0.2) is 24.5 Å². The zero-order valence-corrected chi connectivity index (χ0v) is 7.41. The maximum Gasteiger partial charge on any atom is 0.0941 e. The molecule has 1 saturated heterocycles. The van der Waals surface area contributed by atoms with E-state index in [1.165, 1.54) is 0 Å². The average Bonchev–Trinajstić information content (AvgIpc) is 2.67. The van der Waals surface area contributed by atoms with Crippen molar-refractivity contribution in [3.05, 3.63) is 30.1 Å². The molecule has 2 atom stereocenters. The highest BCUT2D eigenvalue weighted by Gasteiger charge is 2.28. The second-order valence-corrected chi connectivity index (χ2v) is 3.47. The minimum atomic E-state index is -0.243. The molecule has 0 saturated carbocycles. The lowest BCUT2D eigenvalue weighted by Crippen LogP contribution is -2.12. The number of nitrogens with zero attached hydrogens (tertiary/aromatic N) is 1. The molecule has 1 fully saturated rings. The van der Waals surface area contributed by atoms with Crippen LogP contribution in [0, 0.1) is 5.92 Å². The lowest BCUT2D eigenvalue weighted by atomic mass is 9.91. The van der Waals surface area contributed by atoms with E-state index in [0.29, 0.717) is 5.92 Å². The molecule has 0 amide bonds. The van der Waals surface area contributed by atoms with Crippen LogP contribution in [0.3, 0.4) is 0 Å². The highest BCUT2D eigenvalue weighted by Crippen LogP contribution is 2.27. The molecule has 2 nitrogen and oxygen atoms in total. The Bertz CT molecular complexity index is 263. The summed E-state index contributed by atoms with van der Waals surface area (Å²) in [6.45, 7) is 1.42. The Morgan fingerprint density at radius 2 is 2.46 bits per heavy atom. The molecule has 1 aromatic rings. The van der Waals surface area contributed by atoms with Crippen LogP contribution in [-0.2, 0) is 0 Å². The Morgan fingerprint density at radius 3 is 3.15 bits per heavy atom. The summed E-state index contributed by atoms with van der Waals surface area (Å²) in [7, 11) is 0. The minimum absolute atomic E-state index is 0.129. The van der Waals surface area contributed by atoms with E-state index in [1.807, 2.05) is 18.3 Å². The van der Waals surface area contributed by atoms with Crippen LogP contribution in [0.5, 0.6) is 0 Å². The van der Waals surface area contributed by atoms with E-state index in [2.05, 4.69) is 10.3 Å². The maximum atomic E-state index is 12.6. The third kappa shape index (κ3) is 1.70. The van der Waals surface area contributed by atoms with Gasteiger partial charge in [-0.1, -0.05) is 6.07 Å². The van der Waals surface area contributed by atoms with Crippen molar-refractivity contribution in [3.63, 3.8) is 0 Å². The summed E-state index contributed by atoms with van der Waals surface area (Å²) in [5, 5.41) is 3.20. The van der Waals surface area contributed by atoms with Crippen LogP contribution in [0.1, 0.15) is 11.5 Å². The maximum absolute atomic E-state index is 12.6. The molecule has 2 heterocycles. The Labute approximate surface area is 77.2 Å². The van der Waals surface area contributed by atoms with Gasteiger partial charge in [0, 0.05) is 37.3 Å². The van der Waals surface area contributed by atoms with Gasteiger partial charge in [-0.25, -0.2) is 0 Å². The predicted octanol–water partition coefficient (Wildman–Crippen LogP) is 1.35. The molecule has 0 spiro atoms. The van der Waals surface area contributed by atoms with Gasteiger partial charge in [0.2, 0.25) is 0 Å². The Morgan fingerprint density at radius 1 is 1.54 bits per heavy atom. The molecule has 1 aliphatic heterocycles. The molecule has 1 aromatic heterocycles. The highest BCUT2D eigenvalue weighted by atomic mass is 19.1. The van der Waals surface area contributed by atoms with Crippen molar-refractivity contribution in [2.75, 3.05) is 19.8 Å². The number of hydrogen-bond donors (Lipinski definition) is 1. The van der Waals surface area contributed by atoms with Crippen LogP contribution in [0.2, 0.25) is 0 Å². The highest BCUT2D eigenvalue weighted by molar-refractivity contribution is 5.18. The smallest absolute Gasteiger partial charge is 0.0941 e. The Balaban J connectivity index is 2.16. The second kappa shape index (κ2) is 3.83. The monoisotopic (exact) mass is 180 g/mol. The fourth-order valence-corrected chi connectivity index (χ4v) is 1.88. The zero-order chi connectivity index (χ0) is 9.10. The fraction of sp³-hybridized carbons (Fsp3) is 0.500. The van der Waals surface area contributed by atoms with Crippen molar-refractivity contribution in [1.82, 2.24) is 10.3 Å². The Kier molecular flexibility index (Phi) is 2.54. The number of pyridine rings is 1. The molecule has 1 aliphatic rings. The molecule has 0 bridgehead atoms. The number of nitrogens with one attached hydrogen (secondary N) is 1. The number of hydrogen-bond acceptors (Lipinski definition) is 2. The van der Waals surface area contributed by atoms with E-state index >= 15 is 0 Å². The van der Waals surface area contributed by atoms with E-state index in [0.717, 1.165) is 18.7 Å². The predicted molar refractivity (Wildman–Crippen MR) is 49.3 cm³/mol. The van der Waals surface area contributed by atoms with Crippen LogP contribution in [-0.4, -0.2) is 24.7 Å². The molecule has 70 valence electrons. The third-order valence-electron chi connectivity index (χ3n) is 2.65. The van der Waals surface area contributed by atoms with Gasteiger partial charge in [0.15, 0.2) is 0 Å². The first-order valence-electron chi connectivity index (χ1n) is 4.58. The SMILES string of the molecule is FC[C@H]1CNC[C@@H]1c1cccnc1.